The van der Waals surface area contributed by atoms with Gasteiger partial charge in [-0.1, -0.05) is 25.0 Å². The van der Waals surface area contributed by atoms with E-state index in [9.17, 15) is 0 Å². The fraction of sp³-hybridized carbons (Fsp3) is 0.667. The number of nitrogens with two attached hydrogens (primary N) is 1. The van der Waals surface area contributed by atoms with Crippen LogP contribution in [0.2, 0.25) is 0 Å². The van der Waals surface area contributed by atoms with E-state index < -0.39 is 0 Å². The molecule has 21 heavy (non-hydrogen) atoms. The van der Waals surface area contributed by atoms with Crippen molar-refractivity contribution in [1.29, 1.82) is 0 Å². The third-order valence-electron chi connectivity index (χ3n) is 4.01. The zero-order chi connectivity index (χ0) is 14.8. The van der Waals surface area contributed by atoms with Crippen molar-refractivity contribution in [2.24, 2.45) is 5.73 Å². The van der Waals surface area contributed by atoms with E-state index in [1.54, 1.807) is 5.56 Å². The quantitative estimate of drug-likeness (QED) is 0.623. The molecule has 0 aliphatic carbocycles. The summed E-state index contributed by atoms with van der Waals surface area (Å²) < 4.78 is 5.69. The largest absolute Gasteiger partial charge is 0.381 e. The molecule has 0 spiro atoms. The lowest BCUT2D eigenvalue weighted by atomic mass is 10.1. The Kier molecular flexibility index (Phi) is 8.23. The Labute approximate surface area is 133 Å². The molecule has 2 rings (SSSR count). The first-order valence-corrected chi connectivity index (χ1v) is 9.41. The molecule has 3 heteroatoms. The molecule has 0 atom stereocenters. The number of hydrogen-bond acceptors (Lipinski definition) is 3. The van der Waals surface area contributed by atoms with Gasteiger partial charge in [0.15, 0.2) is 0 Å². The van der Waals surface area contributed by atoms with Gasteiger partial charge in [-0.2, -0.15) is 0 Å². The molecule has 1 aliphatic rings. The van der Waals surface area contributed by atoms with Gasteiger partial charge in [-0.25, -0.2) is 0 Å². The van der Waals surface area contributed by atoms with Gasteiger partial charge in [0, 0.05) is 23.9 Å². The lowest BCUT2D eigenvalue weighted by molar-refractivity contribution is 0.126. The van der Waals surface area contributed by atoms with Gasteiger partial charge in [0.25, 0.3) is 0 Å². The van der Waals surface area contributed by atoms with E-state index in [1.807, 2.05) is 11.8 Å². The van der Waals surface area contributed by atoms with Crippen LogP contribution >= 0.6 is 11.8 Å². The number of hydrogen-bond donors (Lipinski definition) is 1. The number of benzene rings is 1. The second-order valence-electron chi connectivity index (χ2n) is 5.81. The molecule has 2 nitrogen and oxygen atoms in total. The fourth-order valence-electron chi connectivity index (χ4n) is 2.70. The predicted molar refractivity (Wildman–Crippen MR) is 92.1 cm³/mol. The van der Waals surface area contributed by atoms with Gasteiger partial charge in [0.2, 0.25) is 0 Å². The number of ether oxygens (including phenoxy) is 1. The average Bonchev–Trinajstić information content (AvgIpc) is 2.97. The summed E-state index contributed by atoms with van der Waals surface area (Å²) in [7, 11) is 0. The van der Waals surface area contributed by atoms with E-state index in [4.69, 9.17) is 10.5 Å². The van der Waals surface area contributed by atoms with Crippen LogP contribution in [0.3, 0.4) is 0 Å². The lowest BCUT2D eigenvalue weighted by Crippen LogP contribution is -2.00. The monoisotopic (exact) mass is 307 g/mol. The minimum Gasteiger partial charge on any atom is -0.381 e. The van der Waals surface area contributed by atoms with Crippen LogP contribution in [0.15, 0.2) is 23.1 Å². The van der Waals surface area contributed by atoms with Crippen molar-refractivity contribution < 1.29 is 4.74 Å². The molecule has 0 amide bonds. The first-order chi connectivity index (χ1) is 10.4. The molecule has 118 valence electrons. The molecule has 0 fully saturated rings. The Hall–Kier alpha value is -0.510. The molecular formula is C18H29NOS. The van der Waals surface area contributed by atoms with Gasteiger partial charge in [0.05, 0.1) is 0 Å². The van der Waals surface area contributed by atoms with Crippen molar-refractivity contribution in [2.45, 2.75) is 56.3 Å². The smallest absolute Gasteiger partial charge is 0.0466 e. The van der Waals surface area contributed by atoms with E-state index >= 15 is 0 Å². The summed E-state index contributed by atoms with van der Waals surface area (Å²) in [6.07, 6.45) is 9.68. The number of fused-ring (bicyclic) bond motifs is 1. The van der Waals surface area contributed by atoms with Crippen LogP contribution in [0.1, 0.15) is 49.7 Å². The van der Waals surface area contributed by atoms with Gasteiger partial charge in [-0.15, -0.1) is 11.8 Å². The zero-order valence-corrected chi connectivity index (χ0v) is 13.9. The number of unbranched alkanes of at least 4 members (excludes halogenated alkanes) is 4. The third-order valence-corrected chi connectivity index (χ3v) is 5.11. The minimum absolute atomic E-state index is 0.821. The molecule has 0 saturated carbocycles. The normalized spacial score (nSPS) is 13.6. The van der Waals surface area contributed by atoms with Crippen LogP contribution < -0.4 is 5.73 Å². The van der Waals surface area contributed by atoms with Crippen molar-refractivity contribution in [2.75, 3.05) is 25.5 Å². The minimum atomic E-state index is 0.821. The number of thioether (sulfide) groups is 1. The summed E-state index contributed by atoms with van der Waals surface area (Å²) in [6.45, 7) is 2.65. The second kappa shape index (κ2) is 10.3. The van der Waals surface area contributed by atoms with E-state index in [2.05, 4.69) is 18.2 Å². The van der Waals surface area contributed by atoms with Crippen LogP contribution in [0.5, 0.6) is 0 Å². The van der Waals surface area contributed by atoms with Crippen molar-refractivity contribution in [3.05, 3.63) is 29.3 Å². The highest BCUT2D eigenvalue weighted by Crippen LogP contribution is 2.32. The van der Waals surface area contributed by atoms with E-state index in [0.29, 0.717) is 0 Å². The predicted octanol–water partition coefficient (Wildman–Crippen LogP) is 4.19. The SMILES string of the molecule is NCCCCCCOCCCCc1ccc2c(c1)SCC2. The highest BCUT2D eigenvalue weighted by molar-refractivity contribution is 7.99. The van der Waals surface area contributed by atoms with Crippen LogP contribution in [0.4, 0.5) is 0 Å². The number of aryl methyl sites for hydroxylation is 2. The lowest BCUT2D eigenvalue weighted by Gasteiger charge is -2.06. The molecule has 1 aromatic carbocycles. The van der Waals surface area contributed by atoms with Gasteiger partial charge >= 0.3 is 0 Å². The van der Waals surface area contributed by atoms with Crippen molar-refractivity contribution in [1.82, 2.24) is 0 Å². The van der Waals surface area contributed by atoms with Gasteiger partial charge in [-0.3, -0.25) is 0 Å². The Balaban J connectivity index is 1.47. The highest BCUT2D eigenvalue weighted by atomic mass is 32.2. The summed E-state index contributed by atoms with van der Waals surface area (Å²) in [4.78, 5) is 1.52. The molecule has 1 aliphatic heterocycles. The Morgan fingerprint density at radius 1 is 1.00 bits per heavy atom. The molecular weight excluding hydrogens is 278 g/mol. The topological polar surface area (TPSA) is 35.2 Å². The molecule has 0 saturated heterocycles. The Morgan fingerprint density at radius 3 is 2.67 bits per heavy atom. The maximum absolute atomic E-state index is 5.69. The maximum Gasteiger partial charge on any atom is 0.0466 e. The summed E-state index contributed by atoms with van der Waals surface area (Å²) in [5, 5.41) is 0. The summed E-state index contributed by atoms with van der Waals surface area (Å²) in [5.74, 6) is 1.26. The maximum atomic E-state index is 5.69. The highest BCUT2D eigenvalue weighted by Gasteiger charge is 2.10. The first-order valence-electron chi connectivity index (χ1n) is 8.42. The third kappa shape index (κ3) is 6.41. The second-order valence-corrected chi connectivity index (χ2v) is 6.95. The van der Waals surface area contributed by atoms with Gasteiger partial charge in [0.1, 0.15) is 0 Å². The summed E-state index contributed by atoms with van der Waals surface area (Å²) >= 11 is 2.01. The van der Waals surface area contributed by atoms with Crippen LogP contribution in [0, 0.1) is 0 Å². The number of rotatable bonds is 11. The van der Waals surface area contributed by atoms with Crippen LogP contribution in [-0.2, 0) is 17.6 Å². The van der Waals surface area contributed by atoms with Crippen molar-refractivity contribution >= 4 is 11.8 Å². The summed E-state index contributed by atoms with van der Waals surface area (Å²) in [6, 6.07) is 7.02. The molecule has 0 aromatic heterocycles. The molecule has 0 unspecified atom stereocenters. The van der Waals surface area contributed by atoms with Crippen molar-refractivity contribution in [3.8, 4) is 0 Å². The standard InChI is InChI=1S/C18H29NOS/c19-11-4-1-2-5-12-20-13-6-3-7-16-8-9-17-10-14-21-18(17)15-16/h8-9,15H,1-7,10-14,19H2. The average molecular weight is 308 g/mol. The molecule has 1 heterocycles. The van der Waals surface area contributed by atoms with E-state index in [0.717, 1.165) is 26.2 Å². The summed E-state index contributed by atoms with van der Waals surface area (Å²) in [5.41, 5.74) is 8.50. The molecule has 0 radical (unpaired) electrons. The first kappa shape index (κ1) is 16.9. The molecule has 2 N–H and O–H groups in total. The van der Waals surface area contributed by atoms with E-state index in [1.165, 1.54) is 61.2 Å². The Bertz CT molecular complexity index is 408. The van der Waals surface area contributed by atoms with Gasteiger partial charge in [-0.05, 0) is 62.3 Å². The molecule has 0 bridgehead atoms. The fourth-order valence-corrected chi connectivity index (χ4v) is 3.84. The van der Waals surface area contributed by atoms with E-state index in [-0.39, 0.29) is 0 Å². The zero-order valence-electron chi connectivity index (χ0n) is 13.1. The van der Waals surface area contributed by atoms with Gasteiger partial charge < -0.3 is 10.5 Å². The Morgan fingerprint density at radius 2 is 1.81 bits per heavy atom. The van der Waals surface area contributed by atoms with Crippen LogP contribution in [0.25, 0.3) is 0 Å². The van der Waals surface area contributed by atoms with Crippen LogP contribution in [-0.4, -0.2) is 25.5 Å². The van der Waals surface area contributed by atoms with Crippen molar-refractivity contribution in [3.63, 3.8) is 0 Å². The molecule has 1 aromatic rings.